The zero-order valence-corrected chi connectivity index (χ0v) is 17.0. The number of carbonyl (C=O) groups is 1. The van der Waals surface area contributed by atoms with Crippen molar-refractivity contribution in [1.82, 2.24) is 19.0 Å². The predicted octanol–water partition coefficient (Wildman–Crippen LogP) is 1.30. The minimum absolute atomic E-state index is 0.175. The van der Waals surface area contributed by atoms with E-state index in [0.717, 1.165) is 0 Å². The molecule has 0 saturated carbocycles. The fraction of sp³-hybridized carbons (Fsp3) is 0.765. The van der Waals surface area contributed by atoms with Crippen LogP contribution in [0.2, 0.25) is 0 Å². The normalized spacial score (nSPS) is 22.6. The topological polar surface area (TPSA) is 96.8 Å². The van der Waals surface area contributed by atoms with Crippen molar-refractivity contribution >= 4 is 21.7 Å². The fourth-order valence-corrected chi connectivity index (χ4v) is 5.25. The van der Waals surface area contributed by atoms with Crippen LogP contribution in [0.3, 0.4) is 0 Å². The molecule has 0 unspecified atom stereocenters. The maximum atomic E-state index is 12.9. The summed E-state index contributed by atoms with van der Waals surface area (Å²) in [5.74, 6) is 0. The molecule has 1 aromatic rings. The number of carbonyl (C=O) groups excluding carboxylic acids is 1. The minimum Gasteiger partial charge on any atom is -0.379 e. The molecule has 3 rings (SSSR count). The number of ether oxygens (including phenoxy) is 1. The Bertz CT molecular complexity index is 765. The van der Waals surface area contributed by atoms with Gasteiger partial charge in [-0.1, -0.05) is 0 Å². The maximum Gasteiger partial charge on any atom is 0.321 e. The number of hydrogen-bond acceptors (Lipinski definition) is 5. The van der Waals surface area contributed by atoms with Crippen LogP contribution in [0.25, 0.3) is 0 Å². The molecule has 9 nitrogen and oxygen atoms in total. The zero-order chi connectivity index (χ0) is 19.7. The van der Waals surface area contributed by atoms with Gasteiger partial charge in [-0.3, -0.25) is 4.68 Å². The Morgan fingerprint density at radius 1 is 1.26 bits per heavy atom. The second-order valence-corrected chi connectivity index (χ2v) is 10.3. The van der Waals surface area contributed by atoms with Crippen LogP contribution in [-0.4, -0.2) is 78.1 Å². The SMILES string of the molecule is CC(C)(C)n1cc(NC(=O)N2CCC[C@@H](S(=O)(=O)N3CCOCC3)C2)cn1. The van der Waals surface area contributed by atoms with E-state index in [-0.39, 0.29) is 18.1 Å². The Kier molecular flexibility index (Phi) is 5.78. The number of hydrogen-bond donors (Lipinski definition) is 1. The highest BCUT2D eigenvalue weighted by Crippen LogP contribution is 2.22. The van der Waals surface area contributed by atoms with E-state index in [1.54, 1.807) is 22.0 Å². The Morgan fingerprint density at radius 2 is 1.96 bits per heavy atom. The van der Waals surface area contributed by atoms with Gasteiger partial charge in [0.25, 0.3) is 0 Å². The molecule has 1 aromatic heterocycles. The number of urea groups is 1. The lowest BCUT2D eigenvalue weighted by atomic mass is 10.1. The number of morpholine rings is 1. The zero-order valence-electron chi connectivity index (χ0n) is 16.2. The van der Waals surface area contributed by atoms with Crippen molar-refractivity contribution in [3.8, 4) is 0 Å². The van der Waals surface area contributed by atoms with Crippen LogP contribution in [0.5, 0.6) is 0 Å². The summed E-state index contributed by atoms with van der Waals surface area (Å²) < 4.78 is 34.3. The predicted molar refractivity (Wildman–Crippen MR) is 102 cm³/mol. The third kappa shape index (κ3) is 4.61. The van der Waals surface area contributed by atoms with Crippen molar-refractivity contribution < 1.29 is 17.9 Å². The van der Waals surface area contributed by atoms with Crippen molar-refractivity contribution in [1.29, 1.82) is 0 Å². The van der Waals surface area contributed by atoms with Gasteiger partial charge in [0.2, 0.25) is 10.0 Å². The molecule has 0 spiro atoms. The van der Waals surface area contributed by atoms with Gasteiger partial charge >= 0.3 is 6.03 Å². The summed E-state index contributed by atoms with van der Waals surface area (Å²) in [4.78, 5) is 14.2. The Hall–Kier alpha value is -1.65. The number of nitrogens with one attached hydrogen (secondary N) is 1. The molecule has 152 valence electrons. The van der Waals surface area contributed by atoms with Gasteiger partial charge in [-0.05, 0) is 33.6 Å². The molecule has 0 bridgehead atoms. The third-order valence-corrected chi connectivity index (χ3v) is 7.25. The van der Waals surface area contributed by atoms with E-state index in [1.165, 1.54) is 4.31 Å². The lowest BCUT2D eigenvalue weighted by Crippen LogP contribution is -2.52. The molecule has 1 N–H and O–H groups in total. The standard InChI is InChI=1S/C17H29N5O4S/c1-17(2,3)22-12-14(11-18-22)19-16(23)20-6-4-5-15(13-20)27(24,25)21-7-9-26-10-8-21/h11-12,15H,4-10,13H2,1-3H3,(H,19,23)/t15-/m1/s1. The van der Waals surface area contributed by atoms with E-state index >= 15 is 0 Å². The van der Waals surface area contributed by atoms with Crippen LogP contribution in [0.15, 0.2) is 12.4 Å². The minimum atomic E-state index is -3.42. The number of piperidine rings is 1. The van der Waals surface area contributed by atoms with Crippen molar-refractivity contribution in [2.45, 2.75) is 44.4 Å². The molecule has 3 heterocycles. The summed E-state index contributed by atoms with van der Waals surface area (Å²) in [7, 11) is -3.42. The number of sulfonamides is 1. The average Bonchev–Trinajstić information content (AvgIpc) is 3.11. The monoisotopic (exact) mass is 399 g/mol. The molecule has 2 fully saturated rings. The van der Waals surface area contributed by atoms with Gasteiger partial charge in [-0.25, -0.2) is 13.2 Å². The first-order valence-electron chi connectivity index (χ1n) is 9.36. The summed E-state index contributed by atoms with van der Waals surface area (Å²) in [6, 6.07) is -0.287. The molecule has 27 heavy (non-hydrogen) atoms. The summed E-state index contributed by atoms with van der Waals surface area (Å²) in [5.41, 5.74) is 0.430. The number of likely N-dealkylation sites (tertiary alicyclic amines) is 1. The van der Waals surface area contributed by atoms with Gasteiger partial charge in [0, 0.05) is 32.4 Å². The average molecular weight is 400 g/mol. The van der Waals surface area contributed by atoms with Gasteiger partial charge in [0.05, 0.1) is 35.9 Å². The third-order valence-electron chi connectivity index (χ3n) is 4.94. The van der Waals surface area contributed by atoms with Crippen LogP contribution < -0.4 is 5.32 Å². The first-order chi connectivity index (χ1) is 12.7. The van der Waals surface area contributed by atoms with Crippen molar-refractivity contribution in [3.63, 3.8) is 0 Å². The summed E-state index contributed by atoms with van der Waals surface area (Å²) in [5, 5.41) is 6.54. The molecule has 10 heteroatoms. The van der Waals surface area contributed by atoms with Crippen molar-refractivity contribution in [3.05, 3.63) is 12.4 Å². The first-order valence-corrected chi connectivity index (χ1v) is 10.9. The lowest BCUT2D eigenvalue weighted by Gasteiger charge is -2.36. The van der Waals surface area contributed by atoms with Gasteiger partial charge in [-0.2, -0.15) is 9.40 Å². The Balaban J connectivity index is 1.63. The van der Waals surface area contributed by atoms with Gasteiger partial charge in [0.15, 0.2) is 0 Å². The number of nitrogens with zero attached hydrogens (tertiary/aromatic N) is 4. The number of rotatable bonds is 3. The van der Waals surface area contributed by atoms with Crippen LogP contribution >= 0.6 is 0 Å². The van der Waals surface area contributed by atoms with E-state index in [0.29, 0.717) is 51.4 Å². The van der Waals surface area contributed by atoms with Crippen LogP contribution in [0.4, 0.5) is 10.5 Å². The Labute approximate surface area is 160 Å². The number of anilines is 1. The summed E-state index contributed by atoms with van der Waals surface area (Å²) in [6.07, 6.45) is 4.63. The van der Waals surface area contributed by atoms with E-state index in [2.05, 4.69) is 10.4 Å². The molecule has 2 amide bonds. The quantitative estimate of drug-likeness (QED) is 0.826. The molecule has 1 atom stereocenters. The maximum absolute atomic E-state index is 12.9. The number of aromatic nitrogens is 2. The molecule has 0 aromatic carbocycles. The highest BCUT2D eigenvalue weighted by atomic mass is 32.2. The lowest BCUT2D eigenvalue weighted by molar-refractivity contribution is 0.0721. The molecule has 0 radical (unpaired) electrons. The van der Waals surface area contributed by atoms with E-state index in [1.807, 2.05) is 20.8 Å². The van der Waals surface area contributed by atoms with Crippen LogP contribution in [0.1, 0.15) is 33.6 Å². The number of amides is 2. The largest absolute Gasteiger partial charge is 0.379 e. The molecular weight excluding hydrogens is 370 g/mol. The molecular formula is C17H29N5O4S. The van der Waals surface area contributed by atoms with Crippen molar-refractivity contribution in [2.24, 2.45) is 0 Å². The van der Waals surface area contributed by atoms with Crippen LogP contribution in [-0.2, 0) is 20.3 Å². The summed E-state index contributed by atoms with van der Waals surface area (Å²) >= 11 is 0. The van der Waals surface area contributed by atoms with Crippen LogP contribution in [0, 0.1) is 0 Å². The second kappa shape index (κ2) is 7.76. The van der Waals surface area contributed by atoms with Gasteiger partial charge in [-0.15, -0.1) is 0 Å². The smallest absolute Gasteiger partial charge is 0.321 e. The van der Waals surface area contributed by atoms with Gasteiger partial charge < -0.3 is 15.0 Å². The first kappa shape index (κ1) is 20.1. The highest BCUT2D eigenvalue weighted by Gasteiger charge is 2.37. The molecule has 2 saturated heterocycles. The van der Waals surface area contributed by atoms with E-state index < -0.39 is 15.3 Å². The second-order valence-electron chi connectivity index (χ2n) is 8.04. The Morgan fingerprint density at radius 3 is 2.59 bits per heavy atom. The highest BCUT2D eigenvalue weighted by molar-refractivity contribution is 7.89. The molecule has 2 aliphatic rings. The van der Waals surface area contributed by atoms with E-state index in [4.69, 9.17) is 4.74 Å². The fourth-order valence-electron chi connectivity index (χ4n) is 3.33. The summed E-state index contributed by atoms with van der Waals surface area (Å²) in [6.45, 7) is 8.45. The molecule has 2 aliphatic heterocycles. The molecule has 0 aliphatic carbocycles. The van der Waals surface area contributed by atoms with E-state index in [9.17, 15) is 13.2 Å². The van der Waals surface area contributed by atoms with Crippen molar-refractivity contribution in [2.75, 3.05) is 44.7 Å². The van der Waals surface area contributed by atoms with Gasteiger partial charge in [0.1, 0.15) is 0 Å².